The SMILES string of the molecule is C[C@@H]1CCC23CCC(=O)C2[C@]1(C)[C@H](OC(=O)NC(=O)[C@H]1CN(C)CC[C@@H]1C)C[C@@](C)(/C=C/Cl)[C@@H](O)[C@@H]3C. The minimum absolute atomic E-state index is 0.116. The number of ketones is 1. The van der Waals surface area contributed by atoms with E-state index in [1.54, 1.807) is 6.08 Å². The number of ether oxygens (including phenoxy) is 1. The van der Waals surface area contributed by atoms with Crippen LogP contribution < -0.4 is 5.32 Å². The number of likely N-dealkylation sites (tertiary alicyclic amines) is 1. The van der Waals surface area contributed by atoms with Gasteiger partial charge in [0.25, 0.3) is 0 Å². The molecule has 1 heterocycles. The molecule has 0 aromatic rings. The Morgan fingerprint density at radius 3 is 2.57 bits per heavy atom. The molecule has 0 aromatic carbocycles. The molecule has 7 nitrogen and oxygen atoms in total. The first-order valence-electron chi connectivity index (χ1n) is 14.0. The molecule has 4 rings (SSSR count). The molecule has 8 heteroatoms. The predicted octanol–water partition coefficient (Wildman–Crippen LogP) is 4.76. The van der Waals surface area contributed by atoms with E-state index >= 15 is 0 Å². The Kier molecular flexibility index (Phi) is 7.93. The van der Waals surface area contributed by atoms with Crippen molar-refractivity contribution in [2.75, 3.05) is 20.1 Å². The van der Waals surface area contributed by atoms with Crippen molar-refractivity contribution >= 4 is 29.4 Å². The van der Waals surface area contributed by atoms with E-state index in [1.165, 1.54) is 5.54 Å². The number of nitrogens with one attached hydrogen (secondary N) is 1. The van der Waals surface area contributed by atoms with Crippen molar-refractivity contribution < 1.29 is 24.2 Å². The van der Waals surface area contributed by atoms with Gasteiger partial charge in [0.05, 0.1) is 12.0 Å². The van der Waals surface area contributed by atoms with E-state index in [0.29, 0.717) is 19.4 Å². The molecular formula is C29H45ClN2O5. The summed E-state index contributed by atoms with van der Waals surface area (Å²) in [7, 11) is 1.98. The number of imide groups is 1. The Balaban J connectivity index is 1.68. The third-order valence-corrected chi connectivity index (χ3v) is 11.4. The lowest BCUT2D eigenvalue weighted by atomic mass is 9.44. The molecule has 2 amide bonds. The summed E-state index contributed by atoms with van der Waals surface area (Å²) >= 11 is 6.07. The quantitative estimate of drug-likeness (QED) is 0.540. The molecule has 2 bridgehead atoms. The van der Waals surface area contributed by atoms with Crippen LogP contribution in [0, 0.1) is 45.8 Å². The van der Waals surface area contributed by atoms with Crippen LogP contribution in [-0.4, -0.2) is 60.1 Å². The molecule has 37 heavy (non-hydrogen) atoms. The van der Waals surface area contributed by atoms with E-state index in [0.717, 1.165) is 32.2 Å². The number of carbonyl (C=O) groups excluding carboxylic acids is 3. The number of aliphatic hydroxyl groups is 1. The molecule has 0 aromatic heterocycles. The zero-order valence-electron chi connectivity index (χ0n) is 23.3. The fourth-order valence-corrected chi connectivity index (χ4v) is 8.82. The second-order valence-corrected chi connectivity index (χ2v) is 13.4. The first-order chi connectivity index (χ1) is 17.3. The zero-order valence-corrected chi connectivity index (χ0v) is 24.0. The van der Waals surface area contributed by atoms with Crippen LogP contribution in [0.25, 0.3) is 0 Å². The summed E-state index contributed by atoms with van der Waals surface area (Å²) in [5, 5.41) is 14.2. The second kappa shape index (κ2) is 10.3. The molecule has 0 radical (unpaired) electrons. The van der Waals surface area contributed by atoms with Crippen molar-refractivity contribution in [1.82, 2.24) is 10.2 Å². The smallest absolute Gasteiger partial charge is 0.414 e. The summed E-state index contributed by atoms with van der Waals surface area (Å²) in [6, 6.07) is 0. The monoisotopic (exact) mass is 536 g/mol. The molecule has 3 saturated carbocycles. The van der Waals surface area contributed by atoms with Gasteiger partial charge in [-0.25, -0.2) is 4.79 Å². The van der Waals surface area contributed by atoms with Crippen LogP contribution in [0.1, 0.15) is 73.1 Å². The largest absolute Gasteiger partial charge is 0.445 e. The molecular weight excluding hydrogens is 492 g/mol. The molecule has 0 spiro atoms. The lowest BCUT2D eigenvalue weighted by molar-refractivity contribution is -0.191. The molecule has 1 saturated heterocycles. The van der Waals surface area contributed by atoms with Crippen molar-refractivity contribution in [2.45, 2.75) is 85.4 Å². The van der Waals surface area contributed by atoms with E-state index in [-0.39, 0.29) is 46.7 Å². The van der Waals surface area contributed by atoms with E-state index < -0.39 is 29.1 Å². The maximum Gasteiger partial charge on any atom is 0.414 e. The molecule has 4 fully saturated rings. The van der Waals surface area contributed by atoms with Crippen molar-refractivity contribution in [3.63, 3.8) is 0 Å². The van der Waals surface area contributed by atoms with Crippen LogP contribution in [-0.2, 0) is 14.3 Å². The summed E-state index contributed by atoms with van der Waals surface area (Å²) in [6.45, 7) is 11.8. The second-order valence-electron chi connectivity index (χ2n) is 13.2. The lowest BCUT2D eigenvalue weighted by Gasteiger charge is -2.61. The van der Waals surface area contributed by atoms with Crippen molar-refractivity contribution in [2.24, 2.45) is 45.8 Å². The van der Waals surface area contributed by atoms with Crippen LogP contribution in [0.3, 0.4) is 0 Å². The highest BCUT2D eigenvalue weighted by Gasteiger charge is 2.68. The zero-order chi connectivity index (χ0) is 27.3. The highest BCUT2D eigenvalue weighted by atomic mass is 35.5. The van der Waals surface area contributed by atoms with Gasteiger partial charge in [0.15, 0.2) is 0 Å². The summed E-state index contributed by atoms with van der Waals surface area (Å²) < 4.78 is 6.16. The lowest BCUT2D eigenvalue weighted by Crippen LogP contribution is -2.63. The van der Waals surface area contributed by atoms with Crippen molar-refractivity contribution in [1.29, 1.82) is 0 Å². The third kappa shape index (κ3) is 4.67. The van der Waals surface area contributed by atoms with Crippen molar-refractivity contribution in [3.05, 3.63) is 11.6 Å². The van der Waals surface area contributed by atoms with Gasteiger partial charge in [0, 0.05) is 35.2 Å². The fraction of sp³-hybridized carbons (Fsp3) is 0.828. The van der Waals surface area contributed by atoms with Gasteiger partial charge < -0.3 is 14.7 Å². The van der Waals surface area contributed by atoms with Gasteiger partial charge >= 0.3 is 6.09 Å². The third-order valence-electron chi connectivity index (χ3n) is 11.3. The van der Waals surface area contributed by atoms with Gasteiger partial charge in [-0.15, -0.1) is 0 Å². The van der Waals surface area contributed by atoms with Gasteiger partial charge in [0.2, 0.25) is 5.91 Å². The number of carbonyl (C=O) groups is 3. The number of hydrogen-bond donors (Lipinski definition) is 2. The predicted molar refractivity (Wildman–Crippen MR) is 143 cm³/mol. The van der Waals surface area contributed by atoms with Crippen molar-refractivity contribution in [3.8, 4) is 0 Å². The molecule has 1 aliphatic heterocycles. The molecule has 3 aliphatic carbocycles. The van der Waals surface area contributed by atoms with E-state index in [4.69, 9.17) is 16.3 Å². The Morgan fingerprint density at radius 1 is 1.19 bits per heavy atom. The van der Waals surface area contributed by atoms with Crippen LogP contribution in [0.5, 0.6) is 0 Å². The number of piperidine rings is 1. The average molecular weight is 537 g/mol. The standard InChI is InChI=1S/C29H45ClN2O5/c1-17-9-14-32(6)16-20(17)25(35)31-26(36)37-22-15-27(4,12-13-30)24(34)19(3)29-10-7-18(2)28(22,5)23(29)21(33)8-11-29/h12-13,17-20,22-24,34H,7-11,14-16H2,1-6H3,(H,31,35,36)/b13-12+/t17-,18+,19-,20-,22+,23?,24-,27+,28-,29?/m0/s1. The first kappa shape index (κ1) is 28.6. The number of rotatable bonds is 3. The van der Waals surface area contributed by atoms with Gasteiger partial charge in [-0.1, -0.05) is 52.3 Å². The summed E-state index contributed by atoms with van der Waals surface area (Å²) in [6.07, 6.45) is 3.78. The number of hydrogen-bond acceptors (Lipinski definition) is 6. The maximum absolute atomic E-state index is 13.5. The normalized spacial score (nSPS) is 46.7. The van der Waals surface area contributed by atoms with E-state index in [1.807, 2.05) is 20.9 Å². The molecule has 208 valence electrons. The van der Waals surface area contributed by atoms with Gasteiger partial charge in [-0.05, 0) is 68.9 Å². The number of aliphatic hydroxyl groups excluding tert-OH is 1. The summed E-state index contributed by atoms with van der Waals surface area (Å²) in [5.74, 6) is -0.530. The van der Waals surface area contributed by atoms with Gasteiger partial charge in [-0.3, -0.25) is 14.9 Å². The Bertz CT molecular complexity index is 957. The molecule has 2 unspecified atom stereocenters. The van der Waals surface area contributed by atoms with Gasteiger partial charge in [0.1, 0.15) is 11.9 Å². The first-order valence-corrected chi connectivity index (χ1v) is 14.4. The minimum Gasteiger partial charge on any atom is -0.445 e. The van der Waals surface area contributed by atoms with E-state index in [2.05, 4.69) is 31.0 Å². The molecule has 4 aliphatic rings. The average Bonchev–Trinajstić information content (AvgIpc) is 3.19. The molecule has 10 atom stereocenters. The topological polar surface area (TPSA) is 95.9 Å². The Morgan fingerprint density at radius 2 is 1.89 bits per heavy atom. The van der Waals surface area contributed by atoms with Crippen LogP contribution in [0.2, 0.25) is 0 Å². The van der Waals surface area contributed by atoms with Gasteiger partial charge in [-0.2, -0.15) is 0 Å². The Labute approximate surface area is 226 Å². The number of amides is 2. The fourth-order valence-electron chi connectivity index (χ4n) is 8.53. The highest BCUT2D eigenvalue weighted by Crippen LogP contribution is 2.68. The number of nitrogens with zero attached hydrogens (tertiary/aromatic N) is 1. The van der Waals surface area contributed by atoms with Crippen LogP contribution in [0.15, 0.2) is 11.6 Å². The Hall–Kier alpha value is -1.44. The minimum atomic E-state index is -0.772. The maximum atomic E-state index is 13.5. The molecule has 2 N–H and O–H groups in total. The number of Topliss-reactive ketones (excluding diaryl/α,β-unsaturated/α-hetero) is 1. The summed E-state index contributed by atoms with van der Waals surface area (Å²) in [4.78, 5) is 42.0. The highest BCUT2D eigenvalue weighted by molar-refractivity contribution is 6.25. The van der Waals surface area contributed by atoms with Crippen LogP contribution >= 0.6 is 11.6 Å². The van der Waals surface area contributed by atoms with Crippen LogP contribution in [0.4, 0.5) is 4.79 Å². The number of halogens is 1. The van der Waals surface area contributed by atoms with E-state index in [9.17, 15) is 19.5 Å². The number of alkyl carbamates (subject to hydrolysis) is 1. The summed E-state index contributed by atoms with van der Waals surface area (Å²) in [5.41, 5.74) is -0.315.